The molecule has 0 aromatic carbocycles. The van der Waals surface area contributed by atoms with Crippen molar-refractivity contribution in [3.63, 3.8) is 0 Å². The monoisotopic (exact) mass is 241 g/mol. The third-order valence-electron chi connectivity index (χ3n) is 2.53. The quantitative estimate of drug-likeness (QED) is 0.750. The number of carbonyl (C=O) groups excluding carboxylic acids is 1. The van der Waals surface area contributed by atoms with Gasteiger partial charge in [-0.1, -0.05) is 6.08 Å². The Kier molecular flexibility index (Phi) is 3.80. The summed E-state index contributed by atoms with van der Waals surface area (Å²) in [5.41, 5.74) is -0.150. The lowest BCUT2D eigenvalue weighted by atomic mass is 9.91. The van der Waals surface area contributed by atoms with Gasteiger partial charge >= 0.3 is 12.1 Å². The lowest BCUT2D eigenvalue weighted by Gasteiger charge is -2.40. The molecule has 0 aliphatic carbocycles. The van der Waals surface area contributed by atoms with Gasteiger partial charge in [0.05, 0.1) is 0 Å². The van der Waals surface area contributed by atoms with Crippen molar-refractivity contribution in [3.05, 3.63) is 11.6 Å². The Morgan fingerprint density at radius 3 is 2.24 bits per heavy atom. The van der Waals surface area contributed by atoms with Crippen LogP contribution in [-0.4, -0.2) is 40.8 Å². The second-order valence-electron chi connectivity index (χ2n) is 5.13. The Labute approximate surface area is 101 Å². The van der Waals surface area contributed by atoms with Gasteiger partial charge in [0.2, 0.25) is 0 Å². The van der Waals surface area contributed by atoms with Crippen LogP contribution in [0.3, 0.4) is 0 Å². The molecule has 5 nitrogen and oxygen atoms in total. The number of nitrogens with zero attached hydrogens (tertiary/aromatic N) is 1. The predicted molar refractivity (Wildman–Crippen MR) is 62.7 cm³/mol. The number of likely N-dealkylation sites (tertiary alicyclic amines) is 1. The van der Waals surface area contributed by atoms with Crippen LogP contribution < -0.4 is 0 Å². The standard InChI is InChI=1S/C12H19NO4/c1-5-9(10(14)15)8-6-13(7-8)11(16)17-12(2,3)4/h5,8H,6-7H2,1-4H3,(H,14,15). The van der Waals surface area contributed by atoms with Gasteiger partial charge in [-0.3, -0.25) is 0 Å². The van der Waals surface area contributed by atoms with E-state index in [4.69, 9.17) is 9.84 Å². The Bertz CT molecular complexity index is 348. The first-order valence-corrected chi connectivity index (χ1v) is 5.62. The van der Waals surface area contributed by atoms with E-state index in [9.17, 15) is 9.59 Å². The van der Waals surface area contributed by atoms with Crippen LogP contribution in [0, 0.1) is 5.92 Å². The largest absolute Gasteiger partial charge is 0.478 e. The Balaban J connectivity index is 2.47. The summed E-state index contributed by atoms with van der Waals surface area (Å²) in [5, 5.41) is 8.92. The molecule has 1 saturated heterocycles. The second kappa shape index (κ2) is 4.77. The van der Waals surface area contributed by atoms with Crippen LogP contribution in [0.4, 0.5) is 4.79 Å². The number of ether oxygens (including phenoxy) is 1. The number of hydrogen-bond donors (Lipinski definition) is 1. The second-order valence-corrected chi connectivity index (χ2v) is 5.13. The third kappa shape index (κ3) is 3.47. The van der Waals surface area contributed by atoms with Crippen molar-refractivity contribution in [2.45, 2.75) is 33.3 Å². The molecule has 0 radical (unpaired) electrons. The van der Waals surface area contributed by atoms with E-state index >= 15 is 0 Å². The van der Waals surface area contributed by atoms with Gasteiger partial charge in [-0.15, -0.1) is 0 Å². The van der Waals surface area contributed by atoms with Gasteiger partial charge in [-0.05, 0) is 27.7 Å². The molecule has 0 atom stereocenters. The number of carboxylic acids is 1. The average Bonchev–Trinajstić information content (AvgIpc) is 2.05. The topological polar surface area (TPSA) is 66.8 Å². The number of carboxylic acid groups (broad SMARTS) is 1. The molecule has 1 rings (SSSR count). The molecule has 5 heteroatoms. The number of aliphatic carboxylic acids is 1. The van der Waals surface area contributed by atoms with Gasteiger partial charge in [0.1, 0.15) is 5.60 Å². The van der Waals surface area contributed by atoms with E-state index in [1.54, 1.807) is 33.8 Å². The zero-order valence-corrected chi connectivity index (χ0v) is 10.7. The van der Waals surface area contributed by atoms with E-state index in [0.29, 0.717) is 18.7 Å². The average molecular weight is 241 g/mol. The summed E-state index contributed by atoms with van der Waals surface area (Å²) in [7, 11) is 0. The van der Waals surface area contributed by atoms with Crippen LogP contribution in [0.25, 0.3) is 0 Å². The van der Waals surface area contributed by atoms with Crippen molar-refractivity contribution >= 4 is 12.1 Å². The molecule has 1 aliphatic heterocycles. The third-order valence-corrected chi connectivity index (χ3v) is 2.53. The summed E-state index contributed by atoms with van der Waals surface area (Å²) < 4.78 is 5.18. The Morgan fingerprint density at radius 2 is 1.88 bits per heavy atom. The first-order chi connectivity index (χ1) is 7.74. The maximum Gasteiger partial charge on any atom is 0.410 e. The normalized spacial score (nSPS) is 17.6. The molecule has 1 fully saturated rings. The fourth-order valence-electron chi connectivity index (χ4n) is 1.68. The molecule has 1 heterocycles. The van der Waals surface area contributed by atoms with Crippen LogP contribution >= 0.6 is 0 Å². The zero-order chi connectivity index (χ0) is 13.2. The highest BCUT2D eigenvalue weighted by Crippen LogP contribution is 2.25. The van der Waals surface area contributed by atoms with E-state index in [1.165, 1.54) is 4.90 Å². The summed E-state index contributed by atoms with van der Waals surface area (Å²) in [6.45, 7) is 7.94. The number of amides is 1. The summed E-state index contributed by atoms with van der Waals surface area (Å²) in [5.74, 6) is -0.994. The fourth-order valence-corrected chi connectivity index (χ4v) is 1.68. The minimum Gasteiger partial charge on any atom is -0.478 e. The van der Waals surface area contributed by atoms with Crippen molar-refractivity contribution in [3.8, 4) is 0 Å². The number of allylic oxidation sites excluding steroid dienone is 1. The fraction of sp³-hybridized carbons (Fsp3) is 0.667. The Hall–Kier alpha value is -1.52. The molecule has 0 spiro atoms. The molecule has 0 bridgehead atoms. The molecule has 0 aromatic heterocycles. The SMILES string of the molecule is CC=C(C(=O)O)C1CN(C(=O)OC(C)(C)C)C1. The summed E-state index contributed by atoms with van der Waals surface area (Å²) in [6, 6.07) is 0. The van der Waals surface area contributed by atoms with E-state index in [-0.39, 0.29) is 12.0 Å². The molecular formula is C12H19NO4. The van der Waals surface area contributed by atoms with Gasteiger partial charge in [0.15, 0.2) is 0 Å². The van der Waals surface area contributed by atoms with E-state index in [1.807, 2.05) is 0 Å². The molecule has 1 aliphatic rings. The van der Waals surface area contributed by atoms with Crippen molar-refractivity contribution < 1.29 is 19.4 Å². The predicted octanol–water partition coefficient (Wildman–Crippen LogP) is 1.88. The summed E-state index contributed by atoms with van der Waals surface area (Å²) in [4.78, 5) is 24.0. The number of hydrogen-bond acceptors (Lipinski definition) is 3. The molecular weight excluding hydrogens is 222 g/mol. The summed E-state index contributed by atoms with van der Waals surface area (Å²) >= 11 is 0. The first-order valence-electron chi connectivity index (χ1n) is 5.62. The molecule has 96 valence electrons. The maximum atomic E-state index is 11.6. The van der Waals surface area contributed by atoms with Crippen molar-refractivity contribution in [1.29, 1.82) is 0 Å². The molecule has 0 saturated carbocycles. The van der Waals surface area contributed by atoms with Crippen LogP contribution in [0.15, 0.2) is 11.6 Å². The lowest BCUT2D eigenvalue weighted by molar-refractivity contribution is -0.134. The van der Waals surface area contributed by atoms with Crippen LogP contribution in [0.2, 0.25) is 0 Å². The van der Waals surface area contributed by atoms with Crippen molar-refractivity contribution in [1.82, 2.24) is 4.90 Å². The molecule has 0 aromatic rings. The highest BCUT2D eigenvalue weighted by atomic mass is 16.6. The van der Waals surface area contributed by atoms with Crippen LogP contribution in [-0.2, 0) is 9.53 Å². The van der Waals surface area contributed by atoms with E-state index in [0.717, 1.165) is 0 Å². The smallest absolute Gasteiger partial charge is 0.410 e. The van der Waals surface area contributed by atoms with E-state index in [2.05, 4.69) is 0 Å². The van der Waals surface area contributed by atoms with E-state index < -0.39 is 11.6 Å². The Morgan fingerprint density at radius 1 is 1.35 bits per heavy atom. The molecule has 1 N–H and O–H groups in total. The summed E-state index contributed by atoms with van der Waals surface area (Å²) in [6.07, 6.45) is 1.20. The van der Waals surface area contributed by atoms with Crippen molar-refractivity contribution in [2.24, 2.45) is 5.92 Å². The zero-order valence-electron chi connectivity index (χ0n) is 10.7. The number of carbonyl (C=O) groups is 2. The van der Waals surface area contributed by atoms with Crippen LogP contribution in [0.1, 0.15) is 27.7 Å². The molecule has 1 amide bonds. The van der Waals surface area contributed by atoms with Gasteiger partial charge in [-0.2, -0.15) is 0 Å². The molecule has 17 heavy (non-hydrogen) atoms. The number of rotatable bonds is 2. The van der Waals surface area contributed by atoms with Gasteiger partial charge in [-0.25, -0.2) is 9.59 Å². The van der Waals surface area contributed by atoms with Gasteiger partial charge in [0.25, 0.3) is 0 Å². The highest BCUT2D eigenvalue weighted by Gasteiger charge is 2.37. The minimum absolute atomic E-state index is 0.0787. The maximum absolute atomic E-state index is 11.6. The highest BCUT2D eigenvalue weighted by molar-refractivity contribution is 5.87. The van der Waals surface area contributed by atoms with Crippen LogP contribution in [0.5, 0.6) is 0 Å². The van der Waals surface area contributed by atoms with Gasteiger partial charge < -0.3 is 14.7 Å². The van der Waals surface area contributed by atoms with Gasteiger partial charge in [0, 0.05) is 24.6 Å². The molecule has 0 unspecified atom stereocenters. The lowest BCUT2D eigenvalue weighted by Crippen LogP contribution is -2.52. The van der Waals surface area contributed by atoms with Crippen molar-refractivity contribution in [2.75, 3.05) is 13.1 Å². The minimum atomic E-state index is -0.915. The first kappa shape index (κ1) is 13.5.